The molecule has 0 aliphatic carbocycles. The van der Waals surface area contributed by atoms with Gasteiger partial charge in [-0.2, -0.15) is 0 Å². The van der Waals surface area contributed by atoms with Crippen LogP contribution in [0.15, 0.2) is 24.3 Å². The molecular formula is C13H16FNOS. The molecule has 0 spiro atoms. The molecule has 0 radical (unpaired) electrons. The van der Waals surface area contributed by atoms with Gasteiger partial charge in [-0.25, -0.2) is 4.39 Å². The molecule has 1 aromatic rings. The van der Waals surface area contributed by atoms with Gasteiger partial charge in [-0.15, -0.1) is 0 Å². The standard InChI is InChI=1S/C13H16FNOS/c1-9-7-15(8-10(2)16-9)13(17)11-3-5-12(14)6-4-11/h3-6,9-10H,7-8H2,1-2H3/t9-,10-/m0/s1. The Morgan fingerprint density at radius 1 is 1.24 bits per heavy atom. The highest BCUT2D eigenvalue weighted by molar-refractivity contribution is 7.80. The highest BCUT2D eigenvalue weighted by Gasteiger charge is 2.24. The van der Waals surface area contributed by atoms with E-state index in [0.717, 1.165) is 23.6 Å². The Bertz CT molecular complexity index is 396. The number of benzene rings is 1. The van der Waals surface area contributed by atoms with E-state index in [-0.39, 0.29) is 18.0 Å². The fraction of sp³-hybridized carbons (Fsp3) is 0.462. The van der Waals surface area contributed by atoms with Crippen molar-refractivity contribution in [3.63, 3.8) is 0 Å². The summed E-state index contributed by atoms with van der Waals surface area (Å²) in [5.74, 6) is -0.236. The number of halogens is 1. The monoisotopic (exact) mass is 253 g/mol. The van der Waals surface area contributed by atoms with Crippen LogP contribution in [0.25, 0.3) is 0 Å². The molecule has 1 heterocycles. The van der Waals surface area contributed by atoms with Crippen molar-refractivity contribution < 1.29 is 9.13 Å². The largest absolute Gasteiger partial charge is 0.372 e. The lowest BCUT2D eigenvalue weighted by Crippen LogP contribution is -2.47. The predicted molar refractivity (Wildman–Crippen MR) is 69.7 cm³/mol. The Labute approximate surface area is 106 Å². The van der Waals surface area contributed by atoms with Crippen molar-refractivity contribution in [1.29, 1.82) is 0 Å². The molecule has 4 heteroatoms. The van der Waals surface area contributed by atoms with Crippen LogP contribution in [0.3, 0.4) is 0 Å². The lowest BCUT2D eigenvalue weighted by Gasteiger charge is -2.37. The van der Waals surface area contributed by atoms with Crippen LogP contribution in [-0.4, -0.2) is 35.2 Å². The molecule has 0 saturated carbocycles. The molecule has 1 saturated heterocycles. The normalized spacial score (nSPS) is 24.8. The highest BCUT2D eigenvalue weighted by atomic mass is 32.1. The lowest BCUT2D eigenvalue weighted by atomic mass is 10.1. The van der Waals surface area contributed by atoms with Crippen molar-refractivity contribution in [2.45, 2.75) is 26.1 Å². The first-order valence-electron chi connectivity index (χ1n) is 5.76. The number of nitrogens with zero attached hydrogens (tertiary/aromatic N) is 1. The highest BCUT2D eigenvalue weighted by Crippen LogP contribution is 2.15. The summed E-state index contributed by atoms with van der Waals surface area (Å²) in [7, 11) is 0. The second kappa shape index (κ2) is 5.10. The van der Waals surface area contributed by atoms with Crippen LogP contribution in [-0.2, 0) is 4.74 Å². The number of morpholine rings is 1. The van der Waals surface area contributed by atoms with E-state index in [0.29, 0.717) is 0 Å². The Morgan fingerprint density at radius 2 is 1.76 bits per heavy atom. The topological polar surface area (TPSA) is 12.5 Å². The summed E-state index contributed by atoms with van der Waals surface area (Å²) < 4.78 is 18.5. The SMILES string of the molecule is C[C@H]1CN(C(=S)c2ccc(F)cc2)C[C@H](C)O1. The maximum atomic E-state index is 12.8. The molecule has 2 nitrogen and oxygen atoms in total. The molecule has 0 bridgehead atoms. The number of thiocarbonyl (C=S) groups is 1. The lowest BCUT2D eigenvalue weighted by molar-refractivity contribution is -0.0472. The van der Waals surface area contributed by atoms with Crippen LogP contribution in [0.1, 0.15) is 19.4 Å². The second-order valence-corrected chi connectivity index (χ2v) is 4.86. The molecule has 1 aliphatic heterocycles. The number of rotatable bonds is 1. The van der Waals surface area contributed by atoms with Gasteiger partial charge in [0.25, 0.3) is 0 Å². The minimum absolute atomic E-state index is 0.178. The van der Waals surface area contributed by atoms with E-state index in [4.69, 9.17) is 17.0 Å². The first-order chi connectivity index (χ1) is 8.06. The van der Waals surface area contributed by atoms with Gasteiger partial charge in [-0.1, -0.05) is 12.2 Å². The van der Waals surface area contributed by atoms with Gasteiger partial charge >= 0.3 is 0 Å². The molecule has 0 aromatic heterocycles. The van der Waals surface area contributed by atoms with E-state index >= 15 is 0 Å². The fourth-order valence-electron chi connectivity index (χ4n) is 2.12. The van der Waals surface area contributed by atoms with E-state index in [9.17, 15) is 4.39 Å². The smallest absolute Gasteiger partial charge is 0.123 e. The predicted octanol–water partition coefficient (Wildman–Crippen LogP) is 2.61. The Hall–Kier alpha value is -1.00. The summed E-state index contributed by atoms with van der Waals surface area (Å²) in [6, 6.07) is 6.33. The zero-order valence-electron chi connectivity index (χ0n) is 10.0. The van der Waals surface area contributed by atoms with Crippen LogP contribution >= 0.6 is 12.2 Å². The molecule has 17 heavy (non-hydrogen) atoms. The Kier molecular flexibility index (Phi) is 3.74. The molecule has 92 valence electrons. The zero-order valence-corrected chi connectivity index (χ0v) is 10.8. The van der Waals surface area contributed by atoms with Crippen molar-refractivity contribution in [2.24, 2.45) is 0 Å². The van der Waals surface area contributed by atoms with Crippen LogP contribution in [0, 0.1) is 5.82 Å². The fourth-order valence-corrected chi connectivity index (χ4v) is 2.40. The van der Waals surface area contributed by atoms with Crippen LogP contribution in [0.4, 0.5) is 4.39 Å². The molecule has 1 aromatic carbocycles. The number of ether oxygens (including phenoxy) is 1. The van der Waals surface area contributed by atoms with Gasteiger partial charge in [0.15, 0.2) is 0 Å². The molecular weight excluding hydrogens is 237 g/mol. The average molecular weight is 253 g/mol. The Balaban J connectivity index is 2.11. The third-order valence-corrected chi connectivity index (χ3v) is 3.29. The summed E-state index contributed by atoms with van der Waals surface area (Å²) >= 11 is 5.44. The van der Waals surface area contributed by atoms with Gasteiger partial charge in [-0.3, -0.25) is 0 Å². The van der Waals surface area contributed by atoms with Crippen molar-refractivity contribution in [3.05, 3.63) is 35.6 Å². The summed E-state index contributed by atoms with van der Waals surface area (Å²) in [5.41, 5.74) is 0.891. The molecule has 0 unspecified atom stereocenters. The first kappa shape index (κ1) is 12.5. The van der Waals surface area contributed by atoms with Gasteiger partial charge in [0, 0.05) is 18.7 Å². The summed E-state index contributed by atoms with van der Waals surface area (Å²) in [4.78, 5) is 2.90. The third-order valence-electron chi connectivity index (χ3n) is 2.80. The summed E-state index contributed by atoms with van der Waals surface area (Å²) in [5, 5.41) is 0. The number of hydrogen-bond acceptors (Lipinski definition) is 2. The van der Waals surface area contributed by atoms with Crippen LogP contribution in [0.2, 0.25) is 0 Å². The van der Waals surface area contributed by atoms with Crippen LogP contribution < -0.4 is 0 Å². The van der Waals surface area contributed by atoms with Gasteiger partial charge in [-0.05, 0) is 38.1 Å². The van der Waals surface area contributed by atoms with Crippen molar-refractivity contribution in [3.8, 4) is 0 Å². The molecule has 2 rings (SSSR count). The van der Waals surface area contributed by atoms with E-state index in [1.807, 2.05) is 13.8 Å². The third kappa shape index (κ3) is 3.01. The quantitative estimate of drug-likeness (QED) is 0.714. The van der Waals surface area contributed by atoms with Crippen molar-refractivity contribution >= 4 is 17.2 Å². The number of hydrogen-bond donors (Lipinski definition) is 0. The average Bonchev–Trinajstić information content (AvgIpc) is 2.28. The van der Waals surface area contributed by atoms with Gasteiger partial charge in [0.2, 0.25) is 0 Å². The molecule has 1 aliphatic rings. The maximum Gasteiger partial charge on any atom is 0.123 e. The summed E-state index contributed by atoms with van der Waals surface area (Å²) in [6.07, 6.45) is 0.356. The summed E-state index contributed by atoms with van der Waals surface area (Å²) in [6.45, 7) is 5.66. The minimum atomic E-state index is -0.236. The Morgan fingerprint density at radius 3 is 2.29 bits per heavy atom. The van der Waals surface area contributed by atoms with E-state index < -0.39 is 0 Å². The van der Waals surface area contributed by atoms with E-state index in [1.54, 1.807) is 12.1 Å². The first-order valence-corrected chi connectivity index (χ1v) is 6.17. The molecule has 0 amide bonds. The van der Waals surface area contributed by atoms with E-state index in [1.165, 1.54) is 12.1 Å². The molecule has 0 N–H and O–H groups in total. The van der Waals surface area contributed by atoms with Gasteiger partial charge in [0.05, 0.1) is 12.2 Å². The zero-order chi connectivity index (χ0) is 12.4. The molecule has 2 atom stereocenters. The minimum Gasteiger partial charge on any atom is -0.372 e. The van der Waals surface area contributed by atoms with Crippen LogP contribution in [0.5, 0.6) is 0 Å². The van der Waals surface area contributed by atoms with Gasteiger partial charge in [0.1, 0.15) is 10.8 Å². The van der Waals surface area contributed by atoms with Gasteiger partial charge < -0.3 is 9.64 Å². The molecule has 1 fully saturated rings. The second-order valence-electron chi connectivity index (χ2n) is 4.47. The van der Waals surface area contributed by atoms with Crippen molar-refractivity contribution in [1.82, 2.24) is 4.90 Å². The van der Waals surface area contributed by atoms with Crippen molar-refractivity contribution in [2.75, 3.05) is 13.1 Å². The maximum absolute atomic E-state index is 12.8. The van der Waals surface area contributed by atoms with E-state index in [2.05, 4.69) is 4.90 Å².